The van der Waals surface area contributed by atoms with Crippen molar-refractivity contribution in [2.24, 2.45) is 0 Å². The van der Waals surface area contributed by atoms with Gasteiger partial charge in [-0.2, -0.15) is 13.2 Å². The number of nitro benzene ring substituents is 1. The lowest BCUT2D eigenvalue weighted by Crippen LogP contribution is -2.15. The van der Waals surface area contributed by atoms with Crippen molar-refractivity contribution in [1.82, 2.24) is 0 Å². The van der Waals surface area contributed by atoms with E-state index in [1.165, 1.54) is 0 Å². The molecule has 0 aliphatic carbocycles. The van der Waals surface area contributed by atoms with E-state index in [2.05, 4.69) is 4.74 Å². The van der Waals surface area contributed by atoms with Crippen molar-refractivity contribution in [3.8, 4) is 0 Å². The van der Waals surface area contributed by atoms with Crippen LogP contribution in [0.5, 0.6) is 0 Å². The monoisotopic (exact) mass is 263 g/mol. The molecule has 0 N–H and O–H groups in total. The van der Waals surface area contributed by atoms with Crippen LogP contribution in [0.1, 0.15) is 11.1 Å². The zero-order chi connectivity index (χ0) is 13.9. The van der Waals surface area contributed by atoms with Gasteiger partial charge in [-0.15, -0.1) is 0 Å². The summed E-state index contributed by atoms with van der Waals surface area (Å²) in [7, 11) is 1.02. The summed E-state index contributed by atoms with van der Waals surface area (Å²) >= 11 is 0. The van der Waals surface area contributed by atoms with E-state index in [0.29, 0.717) is 0 Å². The maximum atomic E-state index is 12.8. The summed E-state index contributed by atoms with van der Waals surface area (Å²) in [5.41, 5.74) is -2.98. The largest absolute Gasteiger partial charge is 0.469 e. The van der Waals surface area contributed by atoms with Crippen molar-refractivity contribution in [1.29, 1.82) is 0 Å². The molecule has 0 atom stereocenters. The molecule has 0 fully saturated rings. The highest BCUT2D eigenvalue weighted by molar-refractivity contribution is 5.73. The Morgan fingerprint density at radius 1 is 1.44 bits per heavy atom. The van der Waals surface area contributed by atoms with Gasteiger partial charge in [-0.3, -0.25) is 14.9 Å². The number of hydrogen-bond acceptors (Lipinski definition) is 4. The topological polar surface area (TPSA) is 69.4 Å². The molecular formula is C10H8F3NO4. The Kier molecular flexibility index (Phi) is 3.89. The lowest BCUT2D eigenvalue weighted by atomic mass is 10.0. The predicted octanol–water partition coefficient (Wildman–Crippen LogP) is 2.33. The number of carbonyl (C=O) groups is 1. The SMILES string of the molecule is COC(=O)Cc1cccc([N+](=O)[O-])c1C(F)(F)F. The molecule has 18 heavy (non-hydrogen) atoms. The van der Waals surface area contributed by atoms with Gasteiger partial charge in [0.05, 0.1) is 18.5 Å². The number of methoxy groups -OCH3 is 1. The zero-order valence-electron chi connectivity index (χ0n) is 9.15. The van der Waals surface area contributed by atoms with Gasteiger partial charge in [-0.1, -0.05) is 12.1 Å². The molecule has 0 heterocycles. The minimum atomic E-state index is -4.91. The van der Waals surface area contributed by atoms with Gasteiger partial charge in [0.2, 0.25) is 0 Å². The second-order valence-electron chi connectivity index (χ2n) is 3.32. The molecule has 0 amide bonds. The van der Waals surface area contributed by atoms with Crippen LogP contribution in [0.25, 0.3) is 0 Å². The number of ether oxygens (including phenoxy) is 1. The molecule has 98 valence electrons. The quantitative estimate of drug-likeness (QED) is 0.476. The summed E-state index contributed by atoms with van der Waals surface area (Å²) < 4.78 is 42.5. The highest BCUT2D eigenvalue weighted by atomic mass is 19.4. The van der Waals surface area contributed by atoms with Crippen LogP contribution >= 0.6 is 0 Å². The van der Waals surface area contributed by atoms with Crippen LogP contribution in [0.2, 0.25) is 0 Å². The van der Waals surface area contributed by atoms with Crippen molar-refractivity contribution >= 4 is 11.7 Å². The van der Waals surface area contributed by atoms with E-state index in [1.54, 1.807) is 0 Å². The van der Waals surface area contributed by atoms with Crippen molar-refractivity contribution < 1.29 is 27.6 Å². The van der Waals surface area contributed by atoms with Gasteiger partial charge in [0.1, 0.15) is 5.56 Å². The third-order valence-corrected chi connectivity index (χ3v) is 2.17. The minimum Gasteiger partial charge on any atom is -0.469 e. The van der Waals surface area contributed by atoms with Gasteiger partial charge >= 0.3 is 12.1 Å². The van der Waals surface area contributed by atoms with Crippen LogP contribution in [0.15, 0.2) is 18.2 Å². The van der Waals surface area contributed by atoms with Crippen LogP contribution in [-0.2, 0) is 22.1 Å². The molecule has 0 aliphatic heterocycles. The number of benzene rings is 1. The molecule has 0 bridgehead atoms. The summed E-state index contributed by atoms with van der Waals surface area (Å²) in [6, 6.07) is 2.84. The number of hydrogen-bond donors (Lipinski definition) is 0. The van der Waals surface area contributed by atoms with E-state index >= 15 is 0 Å². The van der Waals surface area contributed by atoms with Crippen LogP contribution in [-0.4, -0.2) is 18.0 Å². The van der Waals surface area contributed by atoms with E-state index in [1.807, 2.05) is 0 Å². The first kappa shape index (κ1) is 13.9. The van der Waals surface area contributed by atoms with Crippen LogP contribution in [0.4, 0.5) is 18.9 Å². The molecule has 0 saturated heterocycles. The number of halogens is 3. The molecule has 1 aromatic rings. The lowest BCUT2D eigenvalue weighted by Gasteiger charge is -2.12. The summed E-state index contributed by atoms with van der Waals surface area (Å²) in [4.78, 5) is 20.4. The Balaban J connectivity index is 3.38. The van der Waals surface area contributed by atoms with E-state index in [9.17, 15) is 28.1 Å². The van der Waals surface area contributed by atoms with Gasteiger partial charge in [0, 0.05) is 6.07 Å². The number of nitro groups is 1. The van der Waals surface area contributed by atoms with Crippen molar-refractivity contribution in [2.45, 2.75) is 12.6 Å². The van der Waals surface area contributed by atoms with Gasteiger partial charge in [-0.05, 0) is 5.56 Å². The number of carbonyl (C=O) groups excluding carboxylic acids is 1. The van der Waals surface area contributed by atoms with Gasteiger partial charge in [0.15, 0.2) is 0 Å². The summed E-state index contributed by atoms with van der Waals surface area (Å²) in [6.45, 7) is 0. The smallest absolute Gasteiger partial charge is 0.423 e. The second kappa shape index (κ2) is 5.03. The zero-order valence-corrected chi connectivity index (χ0v) is 9.15. The molecule has 0 spiro atoms. The molecule has 0 saturated carbocycles. The molecule has 0 aliphatic rings. The first-order chi connectivity index (χ1) is 8.27. The first-order valence-electron chi connectivity index (χ1n) is 4.67. The van der Waals surface area contributed by atoms with Crippen molar-refractivity contribution in [2.75, 3.05) is 7.11 Å². The van der Waals surface area contributed by atoms with E-state index in [0.717, 1.165) is 25.3 Å². The molecule has 1 aromatic carbocycles. The summed E-state index contributed by atoms with van der Waals surface area (Å²) in [5, 5.41) is 10.6. The number of rotatable bonds is 3. The normalized spacial score (nSPS) is 11.1. The lowest BCUT2D eigenvalue weighted by molar-refractivity contribution is -0.388. The van der Waals surface area contributed by atoms with Gasteiger partial charge in [0.25, 0.3) is 5.69 Å². The number of nitrogens with zero attached hydrogens (tertiary/aromatic N) is 1. The fourth-order valence-corrected chi connectivity index (χ4v) is 1.44. The van der Waals surface area contributed by atoms with Crippen molar-refractivity contribution in [3.05, 3.63) is 39.4 Å². The molecular weight excluding hydrogens is 255 g/mol. The molecule has 8 heteroatoms. The third kappa shape index (κ3) is 2.96. The highest BCUT2D eigenvalue weighted by Gasteiger charge is 2.40. The first-order valence-corrected chi connectivity index (χ1v) is 4.67. The van der Waals surface area contributed by atoms with Crippen LogP contribution in [0.3, 0.4) is 0 Å². The standard InChI is InChI=1S/C10H8F3NO4/c1-18-8(15)5-6-3-2-4-7(14(16)17)9(6)10(11,12)13/h2-4H,5H2,1H3. The Morgan fingerprint density at radius 3 is 2.50 bits per heavy atom. The average molecular weight is 263 g/mol. The molecule has 0 unspecified atom stereocenters. The van der Waals surface area contributed by atoms with Crippen LogP contribution in [0, 0.1) is 10.1 Å². The Hall–Kier alpha value is -2.12. The van der Waals surface area contributed by atoms with E-state index in [-0.39, 0.29) is 0 Å². The molecule has 1 rings (SSSR count). The Labute approximate surface area is 99.3 Å². The van der Waals surface area contributed by atoms with E-state index < -0.39 is 40.3 Å². The Bertz CT molecular complexity index is 485. The van der Waals surface area contributed by atoms with Crippen LogP contribution < -0.4 is 0 Å². The minimum absolute atomic E-state index is 0.483. The fraction of sp³-hybridized carbons (Fsp3) is 0.300. The summed E-state index contributed by atoms with van der Waals surface area (Å²) in [6.07, 6.45) is -5.58. The molecule has 0 radical (unpaired) electrons. The second-order valence-corrected chi connectivity index (χ2v) is 3.32. The third-order valence-electron chi connectivity index (χ3n) is 2.17. The Morgan fingerprint density at radius 2 is 2.06 bits per heavy atom. The average Bonchev–Trinajstić information content (AvgIpc) is 2.26. The summed E-state index contributed by atoms with van der Waals surface area (Å²) in [5.74, 6) is -0.902. The van der Waals surface area contributed by atoms with Gasteiger partial charge in [-0.25, -0.2) is 0 Å². The number of alkyl halides is 3. The highest BCUT2D eigenvalue weighted by Crippen LogP contribution is 2.38. The van der Waals surface area contributed by atoms with Crippen molar-refractivity contribution in [3.63, 3.8) is 0 Å². The van der Waals surface area contributed by atoms with Gasteiger partial charge < -0.3 is 4.74 Å². The number of esters is 1. The fourth-order valence-electron chi connectivity index (χ4n) is 1.44. The van der Waals surface area contributed by atoms with E-state index in [4.69, 9.17) is 0 Å². The molecule has 0 aromatic heterocycles. The maximum absolute atomic E-state index is 12.8. The maximum Gasteiger partial charge on any atom is 0.423 e. The predicted molar refractivity (Wildman–Crippen MR) is 53.8 cm³/mol. The molecule has 5 nitrogen and oxygen atoms in total.